The zero-order valence-electron chi connectivity index (χ0n) is 8.76. The second-order valence-electron chi connectivity index (χ2n) is 3.84. The maximum atomic E-state index is 8.71. The maximum absolute atomic E-state index is 8.71. The molecular weight excluding hydrogens is 196 g/mol. The van der Waals surface area contributed by atoms with Gasteiger partial charge in [-0.25, -0.2) is 0 Å². The predicted octanol–water partition coefficient (Wildman–Crippen LogP) is 3.39. The molecule has 14 heavy (non-hydrogen) atoms. The van der Waals surface area contributed by atoms with Crippen LogP contribution < -0.4 is 0 Å². The normalized spacial score (nSPS) is 10.9. The summed E-state index contributed by atoms with van der Waals surface area (Å²) in [5, 5.41) is 9.55. The lowest BCUT2D eigenvalue weighted by Crippen LogP contribution is -1.93. The fourth-order valence-electron chi connectivity index (χ4n) is 1.48. The van der Waals surface area contributed by atoms with Crippen LogP contribution in [0.4, 0.5) is 0 Å². The maximum Gasteiger partial charge on any atom is 0.0443 e. The summed E-state index contributed by atoms with van der Waals surface area (Å²) >= 11 is 6.14. The van der Waals surface area contributed by atoms with Gasteiger partial charge in [-0.2, -0.15) is 0 Å². The van der Waals surface area contributed by atoms with Crippen LogP contribution in [0.3, 0.4) is 0 Å². The number of hydrogen-bond acceptors (Lipinski definition) is 1. The Morgan fingerprint density at radius 1 is 1.36 bits per heavy atom. The van der Waals surface area contributed by atoms with Crippen molar-refractivity contribution in [2.45, 2.75) is 32.6 Å². The molecule has 0 unspecified atom stereocenters. The molecule has 0 aliphatic carbocycles. The van der Waals surface area contributed by atoms with Gasteiger partial charge in [-0.3, -0.25) is 0 Å². The van der Waals surface area contributed by atoms with Gasteiger partial charge in [0.25, 0.3) is 0 Å². The van der Waals surface area contributed by atoms with E-state index < -0.39 is 0 Å². The lowest BCUT2D eigenvalue weighted by atomic mass is 10.0. The average molecular weight is 213 g/mol. The summed E-state index contributed by atoms with van der Waals surface area (Å²) < 4.78 is 0. The van der Waals surface area contributed by atoms with Crippen molar-refractivity contribution in [1.29, 1.82) is 0 Å². The van der Waals surface area contributed by atoms with Crippen molar-refractivity contribution in [1.82, 2.24) is 0 Å². The minimum Gasteiger partial charge on any atom is -0.396 e. The highest BCUT2D eigenvalue weighted by Crippen LogP contribution is 2.25. The molecule has 0 heterocycles. The van der Waals surface area contributed by atoms with Crippen molar-refractivity contribution >= 4 is 11.6 Å². The molecule has 1 aromatic carbocycles. The molecule has 0 aromatic heterocycles. The molecular formula is C12H17ClO. The van der Waals surface area contributed by atoms with Gasteiger partial charge in [0.05, 0.1) is 0 Å². The Hall–Kier alpha value is -0.530. The third-order valence-electron chi connectivity index (χ3n) is 2.31. The van der Waals surface area contributed by atoms with E-state index in [4.69, 9.17) is 16.7 Å². The van der Waals surface area contributed by atoms with Gasteiger partial charge in [0, 0.05) is 11.6 Å². The van der Waals surface area contributed by atoms with Crippen molar-refractivity contribution in [3.05, 3.63) is 34.3 Å². The largest absolute Gasteiger partial charge is 0.396 e. The summed E-state index contributed by atoms with van der Waals surface area (Å²) in [6.07, 6.45) is 1.70. The minimum absolute atomic E-state index is 0.240. The van der Waals surface area contributed by atoms with Gasteiger partial charge in [-0.05, 0) is 36.0 Å². The molecule has 0 atom stereocenters. The molecule has 0 aliphatic heterocycles. The van der Waals surface area contributed by atoms with Gasteiger partial charge in [-0.15, -0.1) is 0 Å². The molecule has 1 rings (SSSR count). The molecule has 0 fully saturated rings. The summed E-state index contributed by atoms with van der Waals surface area (Å²) in [4.78, 5) is 0. The van der Waals surface area contributed by atoms with E-state index in [1.165, 1.54) is 11.1 Å². The Morgan fingerprint density at radius 3 is 2.57 bits per heavy atom. The zero-order chi connectivity index (χ0) is 10.6. The van der Waals surface area contributed by atoms with E-state index >= 15 is 0 Å². The van der Waals surface area contributed by atoms with Crippen LogP contribution in [0.5, 0.6) is 0 Å². The fourth-order valence-corrected chi connectivity index (χ4v) is 1.90. The number of aryl methyl sites for hydroxylation is 1. The van der Waals surface area contributed by atoms with Gasteiger partial charge < -0.3 is 5.11 Å². The lowest BCUT2D eigenvalue weighted by Gasteiger charge is -2.09. The Bertz CT molecular complexity index is 294. The van der Waals surface area contributed by atoms with E-state index in [1.807, 2.05) is 6.07 Å². The monoisotopic (exact) mass is 212 g/mol. The molecule has 0 saturated carbocycles. The average Bonchev–Trinajstić information content (AvgIpc) is 2.14. The molecule has 0 bridgehead atoms. The molecule has 0 amide bonds. The molecule has 0 saturated heterocycles. The number of rotatable bonds is 4. The van der Waals surface area contributed by atoms with Gasteiger partial charge in [0.1, 0.15) is 0 Å². The zero-order valence-corrected chi connectivity index (χ0v) is 9.51. The standard InChI is InChI=1S/C12H17ClO/c1-9(2)11-6-5-10(4-3-7-14)8-12(11)13/h5-6,8-9,14H,3-4,7H2,1-2H3. The van der Waals surface area contributed by atoms with Gasteiger partial charge >= 0.3 is 0 Å². The number of halogens is 1. The van der Waals surface area contributed by atoms with Gasteiger partial charge in [0.15, 0.2) is 0 Å². The van der Waals surface area contributed by atoms with Crippen LogP contribution in [0.2, 0.25) is 5.02 Å². The third-order valence-corrected chi connectivity index (χ3v) is 2.64. The first-order valence-corrected chi connectivity index (χ1v) is 5.42. The van der Waals surface area contributed by atoms with E-state index in [9.17, 15) is 0 Å². The SMILES string of the molecule is CC(C)c1ccc(CCCO)cc1Cl. The highest BCUT2D eigenvalue weighted by atomic mass is 35.5. The van der Waals surface area contributed by atoms with Crippen molar-refractivity contribution in [2.75, 3.05) is 6.61 Å². The van der Waals surface area contributed by atoms with Crippen LogP contribution in [0.25, 0.3) is 0 Å². The molecule has 0 spiro atoms. The number of aliphatic hydroxyl groups excluding tert-OH is 1. The number of benzene rings is 1. The molecule has 1 aromatic rings. The van der Waals surface area contributed by atoms with E-state index in [1.54, 1.807) is 0 Å². The van der Waals surface area contributed by atoms with E-state index in [-0.39, 0.29) is 6.61 Å². The van der Waals surface area contributed by atoms with Crippen LogP contribution in [0.1, 0.15) is 37.3 Å². The summed E-state index contributed by atoms with van der Waals surface area (Å²) in [5.41, 5.74) is 2.40. The number of aliphatic hydroxyl groups is 1. The number of hydrogen-bond donors (Lipinski definition) is 1. The van der Waals surface area contributed by atoms with E-state index in [2.05, 4.69) is 26.0 Å². The van der Waals surface area contributed by atoms with Crippen LogP contribution in [0, 0.1) is 0 Å². The van der Waals surface area contributed by atoms with Crippen molar-refractivity contribution in [2.24, 2.45) is 0 Å². The summed E-state index contributed by atoms with van der Waals surface area (Å²) in [6.45, 7) is 4.51. The highest BCUT2D eigenvalue weighted by Gasteiger charge is 2.05. The first-order chi connectivity index (χ1) is 6.65. The Labute approximate surface area is 90.7 Å². The topological polar surface area (TPSA) is 20.2 Å². The second kappa shape index (κ2) is 5.38. The quantitative estimate of drug-likeness (QED) is 0.811. The highest BCUT2D eigenvalue weighted by molar-refractivity contribution is 6.31. The molecule has 0 radical (unpaired) electrons. The van der Waals surface area contributed by atoms with Crippen molar-refractivity contribution < 1.29 is 5.11 Å². The van der Waals surface area contributed by atoms with Gasteiger partial charge in [0.2, 0.25) is 0 Å². The smallest absolute Gasteiger partial charge is 0.0443 e. The summed E-state index contributed by atoms with van der Waals surface area (Å²) in [7, 11) is 0. The van der Waals surface area contributed by atoms with E-state index in [0.29, 0.717) is 5.92 Å². The second-order valence-corrected chi connectivity index (χ2v) is 4.24. The van der Waals surface area contributed by atoms with Crippen molar-refractivity contribution in [3.63, 3.8) is 0 Å². The first kappa shape index (κ1) is 11.5. The minimum atomic E-state index is 0.240. The van der Waals surface area contributed by atoms with E-state index in [0.717, 1.165) is 17.9 Å². The molecule has 1 N–H and O–H groups in total. The van der Waals surface area contributed by atoms with Gasteiger partial charge in [-0.1, -0.05) is 37.6 Å². The third kappa shape index (κ3) is 3.00. The summed E-state index contributed by atoms with van der Waals surface area (Å²) in [5.74, 6) is 0.467. The fraction of sp³-hybridized carbons (Fsp3) is 0.500. The Kier molecular flexibility index (Phi) is 4.43. The molecule has 78 valence electrons. The Balaban J connectivity index is 2.78. The van der Waals surface area contributed by atoms with Crippen molar-refractivity contribution in [3.8, 4) is 0 Å². The van der Waals surface area contributed by atoms with Crippen LogP contribution in [-0.4, -0.2) is 11.7 Å². The van der Waals surface area contributed by atoms with Crippen LogP contribution in [0.15, 0.2) is 18.2 Å². The van der Waals surface area contributed by atoms with Crippen LogP contribution in [-0.2, 0) is 6.42 Å². The Morgan fingerprint density at radius 2 is 2.07 bits per heavy atom. The summed E-state index contributed by atoms with van der Waals surface area (Å²) in [6, 6.07) is 6.18. The molecule has 1 nitrogen and oxygen atoms in total. The first-order valence-electron chi connectivity index (χ1n) is 5.04. The lowest BCUT2D eigenvalue weighted by molar-refractivity contribution is 0.288. The molecule has 0 aliphatic rings. The van der Waals surface area contributed by atoms with Crippen LogP contribution >= 0.6 is 11.6 Å². The predicted molar refractivity (Wildman–Crippen MR) is 60.9 cm³/mol. The molecule has 2 heteroatoms.